The molecule has 0 unspecified atom stereocenters. The van der Waals surface area contributed by atoms with Crippen LogP contribution in [0.1, 0.15) is 41.0 Å². The number of nitrogens with two attached hydrogens (primary N) is 1. The third-order valence-corrected chi connectivity index (χ3v) is 3.47. The predicted octanol–water partition coefficient (Wildman–Crippen LogP) is 0.646. The summed E-state index contributed by atoms with van der Waals surface area (Å²) in [5, 5.41) is 2.47. The summed E-state index contributed by atoms with van der Waals surface area (Å²) < 4.78 is 9.47. The van der Waals surface area contributed by atoms with Gasteiger partial charge in [-0.15, -0.1) is 0 Å². The largest absolute Gasteiger partial charge is 0.466 e. The van der Waals surface area contributed by atoms with E-state index in [1.54, 1.807) is 13.8 Å². The first-order valence-electron chi connectivity index (χ1n) is 7.75. The van der Waals surface area contributed by atoms with E-state index in [1.165, 1.54) is 31.4 Å². The number of carbonyl (C=O) groups excluding carboxylic acids is 4. The maximum atomic E-state index is 12.3. The van der Waals surface area contributed by atoms with Crippen molar-refractivity contribution in [1.29, 1.82) is 0 Å². The smallest absolute Gasteiger partial charge is 0.337 e. The van der Waals surface area contributed by atoms with E-state index < -0.39 is 35.7 Å². The maximum absolute atomic E-state index is 12.3. The fourth-order valence-corrected chi connectivity index (χ4v) is 2.13. The molecule has 0 saturated heterocycles. The van der Waals surface area contributed by atoms with Gasteiger partial charge in [0.1, 0.15) is 6.04 Å². The van der Waals surface area contributed by atoms with Gasteiger partial charge in [0.2, 0.25) is 5.91 Å². The van der Waals surface area contributed by atoms with Crippen LogP contribution >= 0.6 is 0 Å². The molecule has 0 bridgehead atoms. The molecule has 3 N–H and O–H groups in total. The Kier molecular flexibility index (Phi) is 7.58. The Hall–Kier alpha value is -2.90. The monoisotopic (exact) mass is 350 g/mol. The average Bonchev–Trinajstić information content (AvgIpc) is 2.60. The Balaban J connectivity index is 2.85. The lowest BCUT2D eigenvalue weighted by Gasteiger charge is -2.19. The summed E-state index contributed by atoms with van der Waals surface area (Å²) in [6.07, 6.45) is 0.0105. The molecular formula is C17H22N2O6. The van der Waals surface area contributed by atoms with E-state index in [9.17, 15) is 19.2 Å². The summed E-state index contributed by atoms with van der Waals surface area (Å²) >= 11 is 0. The minimum absolute atomic E-state index is 0.0105. The molecule has 1 aromatic carbocycles. The second kappa shape index (κ2) is 9.41. The molecule has 2 amide bonds. The van der Waals surface area contributed by atoms with Crippen molar-refractivity contribution >= 4 is 23.8 Å². The Morgan fingerprint density at radius 2 is 1.84 bits per heavy atom. The fraction of sp³-hybridized carbons (Fsp3) is 0.412. The molecule has 8 nitrogen and oxygen atoms in total. The van der Waals surface area contributed by atoms with E-state index >= 15 is 0 Å². The van der Waals surface area contributed by atoms with Crippen LogP contribution in [0, 0.1) is 5.92 Å². The zero-order valence-corrected chi connectivity index (χ0v) is 14.4. The molecule has 0 spiro atoms. The Labute approximate surface area is 145 Å². The molecule has 0 aromatic heterocycles. The number of esters is 2. The molecule has 2 atom stereocenters. The van der Waals surface area contributed by atoms with Crippen LogP contribution in [-0.2, 0) is 19.1 Å². The predicted molar refractivity (Wildman–Crippen MR) is 88.6 cm³/mol. The summed E-state index contributed by atoms with van der Waals surface area (Å²) in [7, 11) is 1.23. The number of methoxy groups -OCH3 is 1. The molecule has 25 heavy (non-hydrogen) atoms. The lowest BCUT2D eigenvalue weighted by molar-refractivity contribution is -0.147. The molecule has 0 aliphatic rings. The van der Waals surface area contributed by atoms with Crippen molar-refractivity contribution in [2.45, 2.75) is 26.3 Å². The van der Waals surface area contributed by atoms with E-state index in [2.05, 4.69) is 10.1 Å². The van der Waals surface area contributed by atoms with Gasteiger partial charge < -0.3 is 20.5 Å². The highest BCUT2D eigenvalue weighted by atomic mass is 16.5. The topological polar surface area (TPSA) is 125 Å². The van der Waals surface area contributed by atoms with Crippen LogP contribution in [0.15, 0.2) is 24.3 Å². The van der Waals surface area contributed by atoms with Crippen molar-refractivity contribution in [3.63, 3.8) is 0 Å². The van der Waals surface area contributed by atoms with Gasteiger partial charge in [-0.05, 0) is 31.5 Å². The van der Waals surface area contributed by atoms with Crippen molar-refractivity contribution in [1.82, 2.24) is 5.32 Å². The highest BCUT2D eigenvalue weighted by molar-refractivity contribution is 5.99. The standard InChI is InChI=1S/C17H22N2O6/c1-4-25-16(22)10(2)8-13(14(18)20)19-15(21)11-6-5-7-12(9-11)17(23)24-3/h5-7,9-10,13H,4,8H2,1-3H3,(H2,18,20)(H,19,21)/t10-,13+/m1/s1. The zero-order chi connectivity index (χ0) is 19.0. The van der Waals surface area contributed by atoms with Crippen LogP contribution in [0.25, 0.3) is 0 Å². The summed E-state index contributed by atoms with van der Waals surface area (Å²) in [5.41, 5.74) is 5.67. The number of rotatable bonds is 8. The third-order valence-electron chi connectivity index (χ3n) is 3.47. The number of hydrogen-bond donors (Lipinski definition) is 2. The van der Waals surface area contributed by atoms with Gasteiger partial charge in [0.15, 0.2) is 0 Å². The van der Waals surface area contributed by atoms with Crippen LogP contribution in [0.3, 0.4) is 0 Å². The normalized spacial score (nSPS) is 12.6. The second-order valence-corrected chi connectivity index (χ2v) is 5.39. The quantitative estimate of drug-likeness (QED) is 0.663. The van der Waals surface area contributed by atoms with Crippen molar-refractivity contribution in [3.05, 3.63) is 35.4 Å². The van der Waals surface area contributed by atoms with Gasteiger partial charge in [-0.25, -0.2) is 4.79 Å². The molecule has 0 aliphatic carbocycles. The molecule has 1 aromatic rings. The Morgan fingerprint density at radius 3 is 2.40 bits per heavy atom. The van der Waals surface area contributed by atoms with Crippen molar-refractivity contribution in [2.75, 3.05) is 13.7 Å². The summed E-state index contributed by atoms with van der Waals surface area (Å²) in [6.45, 7) is 3.47. The Morgan fingerprint density at radius 1 is 1.20 bits per heavy atom. The molecule has 1 rings (SSSR count). The van der Waals surface area contributed by atoms with Gasteiger partial charge in [-0.3, -0.25) is 14.4 Å². The van der Waals surface area contributed by atoms with Crippen molar-refractivity contribution < 1.29 is 28.7 Å². The number of primary amides is 1. The van der Waals surface area contributed by atoms with Crippen molar-refractivity contribution in [3.8, 4) is 0 Å². The molecule has 0 aliphatic heterocycles. The van der Waals surface area contributed by atoms with Crippen molar-refractivity contribution in [2.24, 2.45) is 11.7 Å². The number of nitrogens with one attached hydrogen (secondary N) is 1. The molecule has 8 heteroatoms. The van der Waals surface area contributed by atoms with E-state index in [4.69, 9.17) is 10.5 Å². The molecular weight excluding hydrogens is 328 g/mol. The molecule has 0 saturated carbocycles. The van der Waals surface area contributed by atoms with E-state index in [0.717, 1.165) is 0 Å². The first kappa shape index (κ1) is 20.1. The highest BCUT2D eigenvalue weighted by Crippen LogP contribution is 2.11. The van der Waals surface area contributed by atoms with Crippen LogP contribution in [0.4, 0.5) is 0 Å². The van der Waals surface area contributed by atoms with Crippen LogP contribution < -0.4 is 11.1 Å². The summed E-state index contributed by atoms with van der Waals surface area (Å²) in [6, 6.07) is 4.79. The average molecular weight is 350 g/mol. The molecule has 136 valence electrons. The molecule has 0 fully saturated rings. The highest BCUT2D eigenvalue weighted by Gasteiger charge is 2.25. The number of hydrogen-bond acceptors (Lipinski definition) is 6. The van der Waals surface area contributed by atoms with Gasteiger partial charge in [0.25, 0.3) is 5.91 Å². The minimum Gasteiger partial charge on any atom is -0.466 e. The first-order chi connectivity index (χ1) is 11.8. The van der Waals surface area contributed by atoms with E-state index in [-0.39, 0.29) is 24.2 Å². The summed E-state index contributed by atoms with van der Waals surface area (Å²) in [4.78, 5) is 47.1. The lowest BCUT2D eigenvalue weighted by atomic mass is 10.0. The number of amides is 2. The fourth-order valence-electron chi connectivity index (χ4n) is 2.13. The number of benzene rings is 1. The van der Waals surface area contributed by atoms with Gasteiger partial charge in [-0.2, -0.15) is 0 Å². The minimum atomic E-state index is -1.05. The lowest BCUT2D eigenvalue weighted by Crippen LogP contribution is -2.46. The van der Waals surface area contributed by atoms with Gasteiger partial charge >= 0.3 is 11.9 Å². The third kappa shape index (κ3) is 5.91. The van der Waals surface area contributed by atoms with Gasteiger partial charge in [0.05, 0.1) is 25.2 Å². The SMILES string of the molecule is CCOC(=O)[C@H](C)C[C@H](NC(=O)c1cccc(C(=O)OC)c1)C(N)=O. The maximum Gasteiger partial charge on any atom is 0.337 e. The zero-order valence-electron chi connectivity index (χ0n) is 14.4. The number of ether oxygens (including phenoxy) is 2. The molecule has 0 radical (unpaired) electrons. The van der Waals surface area contributed by atoms with E-state index in [0.29, 0.717) is 0 Å². The van der Waals surface area contributed by atoms with Crippen LogP contribution in [0.2, 0.25) is 0 Å². The van der Waals surface area contributed by atoms with Crippen LogP contribution in [0.5, 0.6) is 0 Å². The summed E-state index contributed by atoms with van der Waals surface area (Å²) in [5.74, 6) is -3.04. The first-order valence-corrected chi connectivity index (χ1v) is 7.75. The van der Waals surface area contributed by atoms with Gasteiger partial charge in [-0.1, -0.05) is 13.0 Å². The second-order valence-electron chi connectivity index (χ2n) is 5.39. The molecule has 0 heterocycles. The van der Waals surface area contributed by atoms with E-state index in [1.807, 2.05) is 0 Å². The van der Waals surface area contributed by atoms with Crippen LogP contribution in [-0.4, -0.2) is 43.5 Å². The Bertz CT molecular complexity index is 658. The van der Waals surface area contributed by atoms with Gasteiger partial charge in [0, 0.05) is 5.56 Å². The number of carbonyl (C=O) groups is 4.